The van der Waals surface area contributed by atoms with Gasteiger partial charge >= 0.3 is 11.9 Å². The van der Waals surface area contributed by atoms with Gasteiger partial charge in [0.25, 0.3) is 0 Å². The third-order valence-electron chi connectivity index (χ3n) is 8.23. The molecular formula is C23H32O4. The Morgan fingerprint density at radius 2 is 1.81 bits per heavy atom. The van der Waals surface area contributed by atoms with Crippen LogP contribution in [-0.4, -0.2) is 18.0 Å². The largest absolute Gasteiger partial charge is 0.462 e. The molecule has 0 N–H and O–H groups in total. The van der Waals surface area contributed by atoms with Crippen molar-refractivity contribution in [1.82, 2.24) is 0 Å². The number of ether oxygens (including phenoxy) is 2. The van der Waals surface area contributed by atoms with Gasteiger partial charge in [0.2, 0.25) is 0 Å². The molecule has 0 bridgehead atoms. The Balaban J connectivity index is 1.60. The highest BCUT2D eigenvalue weighted by molar-refractivity contribution is 5.67. The fourth-order valence-electron chi connectivity index (χ4n) is 6.91. The van der Waals surface area contributed by atoms with Crippen molar-refractivity contribution in [3.8, 4) is 0 Å². The van der Waals surface area contributed by atoms with Gasteiger partial charge in [0, 0.05) is 25.7 Å². The molecule has 0 aromatic carbocycles. The summed E-state index contributed by atoms with van der Waals surface area (Å²) in [5.74, 6) is 2.42. The van der Waals surface area contributed by atoms with Crippen LogP contribution in [0.25, 0.3) is 0 Å². The predicted octanol–water partition coefficient (Wildman–Crippen LogP) is 4.94. The number of rotatable bonds is 2. The average molecular weight is 373 g/mol. The molecule has 4 heteroatoms. The van der Waals surface area contributed by atoms with E-state index < -0.39 is 0 Å². The molecule has 4 aliphatic rings. The van der Waals surface area contributed by atoms with E-state index in [9.17, 15) is 9.59 Å². The predicted molar refractivity (Wildman–Crippen MR) is 102 cm³/mol. The summed E-state index contributed by atoms with van der Waals surface area (Å²) in [6.07, 6.45) is 12.1. The first-order chi connectivity index (χ1) is 12.7. The molecule has 0 aliphatic heterocycles. The third kappa shape index (κ3) is 2.96. The lowest BCUT2D eigenvalue weighted by Crippen LogP contribution is -2.50. The third-order valence-corrected chi connectivity index (χ3v) is 8.23. The number of hydrogen-bond donors (Lipinski definition) is 0. The number of allylic oxidation sites excluding steroid dienone is 4. The molecule has 27 heavy (non-hydrogen) atoms. The van der Waals surface area contributed by atoms with E-state index in [0.29, 0.717) is 17.8 Å². The van der Waals surface area contributed by atoms with Crippen molar-refractivity contribution < 1.29 is 19.1 Å². The van der Waals surface area contributed by atoms with Crippen molar-refractivity contribution in [3.63, 3.8) is 0 Å². The van der Waals surface area contributed by atoms with Crippen LogP contribution in [0.15, 0.2) is 23.5 Å². The molecule has 0 aromatic heterocycles. The van der Waals surface area contributed by atoms with E-state index in [1.807, 2.05) is 0 Å². The lowest BCUT2D eigenvalue weighted by Gasteiger charge is -2.56. The monoisotopic (exact) mass is 372 g/mol. The molecule has 0 saturated heterocycles. The second-order valence-electron chi connectivity index (χ2n) is 9.61. The lowest BCUT2D eigenvalue weighted by molar-refractivity contribution is -0.156. The second kappa shape index (κ2) is 6.49. The highest BCUT2D eigenvalue weighted by atomic mass is 16.5. The molecule has 148 valence electrons. The van der Waals surface area contributed by atoms with Crippen LogP contribution in [0.4, 0.5) is 0 Å². The summed E-state index contributed by atoms with van der Waals surface area (Å²) in [6, 6.07) is 0. The minimum Gasteiger partial charge on any atom is -0.462 e. The zero-order valence-electron chi connectivity index (χ0n) is 17.0. The minimum absolute atomic E-state index is 0.0842. The minimum atomic E-state index is -0.227. The fraction of sp³-hybridized carbons (Fsp3) is 0.739. The maximum atomic E-state index is 11.6. The van der Waals surface area contributed by atoms with Crippen molar-refractivity contribution >= 4 is 11.9 Å². The SMILES string of the molecule is CC(=O)OC1=CC2=CCC3C(CC[C@@]4(C)C3CC[C@@H]4OC(C)=O)[C@@]2(C)CC1. The van der Waals surface area contributed by atoms with Gasteiger partial charge in [-0.15, -0.1) is 0 Å². The topological polar surface area (TPSA) is 52.6 Å². The highest BCUT2D eigenvalue weighted by Crippen LogP contribution is 2.64. The number of fused-ring (bicyclic) bond motifs is 5. The molecule has 2 fully saturated rings. The molecule has 0 amide bonds. The zero-order chi connectivity index (χ0) is 19.4. The van der Waals surface area contributed by atoms with Gasteiger partial charge in [0.05, 0.1) is 0 Å². The molecule has 0 aromatic rings. The number of hydrogen-bond acceptors (Lipinski definition) is 4. The summed E-state index contributed by atoms with van der Waals surface area (Å²) in [7, 11) is 0. The van der Waals surface area contributed by atoms with E-state index in [-0.39, 0.29) is 28.9 Å². The quantitative estimate of drug-likeness (QED) is 0.644. The molecule has 0 radical (unpaired) electrons. The van der Waals surface area contributed by atoms with Gasteiger partial charge < -0.3 is 9.47 Å². The number of carbonyl (C=O) groups is 2. The molecular weight excluding hydrogens is 340 g/mol. The van der Waals surface area contributed by atoms with Crippen LogP contribution in [-0.2, 0) is 19.1 Å². The Labute approximate surface area is 162 Å². The first kappa shape index (κ1) is 18.8. The van der Waals surface area contributed by atoms with Crippen LogP contribution in [0, 0.1) is 28.6 Å². The van der Waals surface area contributed by atoms with E-state index in [2.05, 4.69) is 26.0 Å². The molecule has 0 heterocycles. The summed E-state index contributed by atoms with van der Waals surface area (Å²) in [5.41, 5.74) is 1.67. The van der Waals surface area contributed by atoms with E-state index in [0.717, 1.165) is 37.9 Å². The highest BCUT2D eigenvalue weighted by Gasteiger charge is 2.59. The van der Waals surface area contributed by atoms with Crippen LogP contribution in [0.1, 0.15) is 72.6 Å². The first-order valence-corrected chi connectivity index (χ1v) is 10.5. The van der Waals surface area contributed by atoms with Crippen LogP contribution in [0.2, 0.25) is 0 Å². The maximum absolute atomic E-state index is 11.6. The summed E-state index contributed by atoms with van der Waals surface area (Å²) < 4.78 is 11.1. The maximum Gasteiger partial charge on any atom is 0.307 e. The van der Waals surface area contributed by atoms with E-state index in [1.165, 1.54) is 32.3 Å². The number of esters is 2. The van der Waals surface area contributed by atoms with Gasteiger partial charge in [-0.2, -0.15) is 0 Å². The van der Waals surface area contributed by atoms with Crippen molar-refractivity contribution in [2.75, 3.05) is 0 Å². The fourth-order valence-corrected chi connectivity index (χ4v) is 6.91. The van der Waals surface area contributed by atoms with Gasteiger partial charge in [-0.25, -0.2) is 0 Å². The van der Waals surface area contributed by atoms with Gasteiger partial charge in [-0.3, -0.25) is 9.59 Å². The lowest BCUT2D eigenvalue weighted by atomic mass is 9.48. The first-order valence-electron chi connectivity index (χ1n) is 10.5. The average Bonchev–Trinajstić information content (AvgIpc) is 2.91. The molecule has 4 rings (SSSR count). The van der Waals surface area contributed by atoms with Crippen molar-refractivity contribution in [2.24, 2.45) is 28.6 Å². The van der Waals surface area contributed by atoms with Crippen molar-refractivity contribution in [2.45, 2.75) is 78.7 Å². The Hall–Kier alpha value is -1.58. The molecule has 3 unspecified atom stereocenters. The Morgan fingerprint density at radius 3 is 2.52 bits per heavy atom. The van der Waals surface area contributed by atoms with Crippen molar-refractivity contribution in [1.29, 1.82) is 0 Å². The normalized spacial score (nSPS) is 42.8. The van der Waals surface area contributed by atoms with Gasteiger partial charge in [-0.05, 0) is 73.3 Å². The molecule has 0 spiro atoms. The Morgan fingerprint density at radius 1 is 1.04 bits per heavy atom. The summed E-state index contributed by atoms with van der Waals surface area (Å²) in [6.45, 7) is 7.78. The summed E-state index contributed by atoms with van der Waals surface area (Å²) >= 11 is 0. The Kier molecular flexibility index (Phi) is 4.51. The second-order valence-corrected chi connectivity index (χ2v) is 9.61. The number of carbonyl (C=O) groups excluding carboxylic acids is 2. The van der Waals surface area contributed by atoms with E-state index in [4.69, 9.17) is 9.47 Å². The van der Waals surface area contributed by atoms with Crippen molar-refractivity contribution in [3.05, 3.63) is 23.5 Å². The van der Waals surface area contributed by atoms with Gasteiger partial charge in [0.1, 0.15) is 11.9 Å². The molecule has 6 atom stereocenters. The van der Waals surface area contributed by atoms with E-state index in [1.54, 1.807) is 0 Å². The van der Waals surface area contributed by atoms with E-state index >= 15 is 0 Å². The smallest absolute Gasteiger partial charge is 0.307 e. The van der Waals surface area contributed by atoms with Crippen LogP contribution in [0.5, 0.6) is 0 Å². The summed E-state index contributed by atoms with van der Waals surface area (Å²) in [4.78, 5) is 22.9. The summed E-state index contributed by atoms with van der Waals surface area (Å²) in [5, 5.41) is 0. The standard InChI is InChI=1S/C23H32O4/c1-14(24)26-17-9-11-22(3)16(13-17)5-6-18-19-7-8-21(27-15(2)25)23(19,4)12-10-20(18)22/h5,13,18-21H,6-12H2,1-4H3/t18?,19?,20?,21-,22-,23-/m0/s1. The Bertz CT molecular complexity index is 720. The van der Waals surface area contributed by atoms with Crippen LogP contribution >= 0.6 is 0 Å². The molecule has 4 nitrogen and oxygen atoms in total. The molecule has 2 saturated carbocycles. The molecule has 4 aliphatic carbocycles. The van der Waals surface area contributed by atoms with Gasteiger partial charge in [0.15, 0.2) is 0 Å². The van der Waals surface area contributed by atoms with Crippen LogP contribution in [0.3, 0.4) is 0 Å². The van der Waals surface area contributed by atoms with Gasteiger partial charge in [-0.1, -0.05) is 19.9 Å². The zero-order valence-corrected chi connectivity index (χ0v) is 17.0. The van der Waals surface area contributed by atoms with Crippen LogP contribution < -0.4 is 0 Å².